The number of nitrogens with zero attached hydrogens (tertiary/aromatic N) is 2. The normalized spacial score (nSPS) is 15.0. The van der Waals surface area contributed by atoms with E-state index in [1.54, 1.807) is 0 Å². The third kappa shape index (κ3) is 2.01. The number of aromatic nitrogens is 1. The van der Waals surface area contributed by atoms with Crippen LogP contribution in [-0.2, 0) is 0 Å². The Kier molecular flexibility index (Phi) is 3.08. The fraction of sp³-hybridized carbons (Fsp3) is 0.375. The number of hydrogen-bond donors (Lipinski definition) is 1. The minimum atomic E-state index is -0.399. The Labute approximate surface area is 118 Å². The Bertz CT molecular complexity index is 688. The van der Waals surface area contributed by atoms with E-state index in [0.29, 0.717) is 11.3 Å². The van der Waals surface area contributed by atoms with Gasteiger partial charge < -0.3 is 10.6 Å². The lowest BCUT2D eigenvalue weighted by atomic mass is 10.0. The van der Waals surface area contributed by atoms with Crippen LogP contribution in [0.4, 0.5) is 5.69 Å². The van der Waals surface area contributed by atoms with Gasteiger partial charge in [-0.2, -0.15) is 0 Å². The van der Waals surface area contributed by atoms with Crippen LogP contribution in [0, 0.1) is 19.9 Å². The lowest BCUT2D eigenvalue weighted by Crippen LogP contribution is -2.25. The maximum Gasteiger partial charge on any atom is 0.252 e. The van der Waals surface area contributed by atoms with Gasteiger partial charge in [0.15, 0.2) is 0 Å². The first-order valence-corrected chi connectivity index (χ1v) is 6.95. The average Bonchev–Trinajstić information content (AvgIpc) is 2.91. The first-order valence-electron chi connectivity index (χ1n) is 6.95. The number of benzene rings is 1. The first-order chi connectivity index (χ1) is 9.58. The fourth-order valence-electron chi connectivity index (χ4n) is 2.98. The zero-order valence-electron chi connectivity index (χ0n) is 11.9. The molecule has 1 aliphatic rings. The summed E-state index contributed by atoms with van der Waals surface area (Å²) in [6, 6.07) is 7.11. The van der Waals surface area contributed by atoms with Crippen LogP contribution in [0.5, 0.6) is 0 Å². The highest BCUT2D eigenvalue weighted by Crippen LogP contribution is 2.34. The minimum Gasteiger partial charge on any atom is -0.370 e. The van der Waals surface area contributed by atoms with E-state index in [-0.39, 0.29) is 0 Å². The fourth-order valence-corrected chi connectivity index (χ4v) is 2.98. The number of pyridine rings is 1. The molecule has 1 radical (unpaired) electrons. The summed E-state index contributed by atoms with van der Waals surface area (Å²) in [5.74, 6) is -0.399. The quantitative estimate of drug-likeness (QED) is 0.909. The molecule has 2 aromatic rings. The predicted molar refractivity (Wildman–Crippen MR) is 80.0 cm³/mol. The molecule has 3 rings (SSSR count). The lowest BCUT2D eigenvalue weighted by Gasteiger charge is -2.23. The third-order valence-electron chi connectivity index (χ3n) is 3.88. The van der Waals surface area contributed by atoms with Gasteiger partial charge in [0.2, 0.25) is 0 Å². The van der Waals surface area contributed by atoms with E-state index in [0.717, 1.165) is 48.1 Å². The number of hydrogen-bond acceptors (Lipinski definition) is 3. The maximum atomic E-state index is 11.9. The molecule has 103 valence electrons. The third-order valence-corrected chi connectivity index (χ3v) is 3.88. The summed E-state index contributed by atoms with van der Waals surface area (Å²) in [5.41, 5.74) is 9.73. The van der Waals surface area contributed by atoms with E-state index in [4.69, 9.17) is 5.73 Å². The summed E-state index contributed by atoms with van der Waals surface area (Å²) in [4.78, 5) is 18.6. The molecule has 0 aliphatic carbocycles. The van der Waals surface area contributed by atoms with Crippen molar-refractivity contribution in [1.82, 2.24) is 4.98 Å². The summed E-state index contributed by atoms with van der Waals surface area (Å²) in [7, 11) is 0. The predicted octanol–water partition coefficient (Wildman–Crippen LogP) is 2.35. The van der Waals surface area contributed by atoms with Crippen LogP contribution in [-0.4, -0.2) is 24.0 Å². The van der Waals surface area contributed by atoms with Gasteiger partial charge in [0.25, 0.3) is 5.91 Å². The number of nitrogens with two attached hydrogens (primary N) is 1. The van der Waals surface area contributed by atoms with Crippen LogP contribution in [0.3, 0.4) is 0 Å². The highest BCUT2D eigenvalue weighted by Gasteiger charge is 2.23. The number of rotatable bonds is 2. The Hall–Kier alpha value is -2.10. The Morgan fingerprint density at radius 2 is 2.05 bits per heavy atom. The first kappa shape index (κ1) is 12.9. The van der Waals surface area contributed by atoms with E-state index in [1.807, 2.05) is 26.0 Å². The van der Waals surface area contributed by atoms with Gasteiger partial charge in [-0.1, -0.05) is 0 Å². The molecule has 4 heteroatoms. The molecule has 0 bridgehead atoms. The summed E-state index contributed by atoms with van der Waals surface area (Å²) in [6.07, 6.45) is 2.30. The molecule has 1 aromatic carbocycles. The number of fused-ring (bicyclic) bond motifs is 1. The van der Waals surface area contributed by atoms with Crippen molar-refractivity contribution in [3.63, 3.8) is 0 Å². The average molecular weight is 268 g/mol. The van der Waals surface area contributed by atoms with Crippen molar-refractivity contribution >= 4 is 22.5 Å². The molecule has 1 amide bonds. The molecule has 0 atom stereocenters. The number of carbonyl (C=O) groups excluding carboxylic acids is 1. The molecule has 0 unspecified atom stereocenters. The molecule has 4 nitrogen and oxygen atoms in total. The van der Waals surface area contributed by atoms with Gasteiger partial charge in [-0.15, -0.1) is 0 Å². The van der Waals surface area contributed by atoms with Crippen molar-refractivity contribution in [3.05, 3.63) is 35.0 Å². The maximum absolute atomic E-state index is 11.9. The van der Waals surface area contributed by atoms with Crippen LogP contribution < -0.4 is 10.6 Å². The number of carbonyl (C=O) groups is 1. The highest BCUT2D eigenvalue weighted by molar-refractivity contribution is 6.08. The van der Waals surface area contributed by atoms with Crippen LogP contribution in [0.2, 0.25) is 0 Å². The number of anilines is 1. The van der Waals surface area contributed by atoms with Gasteiger partial charge >= 0.3 is 0 Å². The minimum absolute atomic E-state index is 0.399. The van der Waals surface area contributed by atoms with Crippen LogP contribution in [0.25, 0.3) is 10.9 Å². The number of amides is 1. The monoisotopic (exact) mass is 268 g/mol. The Balaban J connectivity index is 2.37. The SMILES string of the molecule is Cc1[c]cc2nc(C)c(C(N)=O)c(N3CCCC3)c2c1. The second-order valence-electron chi connectivity index (χ2n) is 5.39. The van der Waals surface area contributed by atoms with Crippen molar-refractivity contribution < 1.29 is 4.79 Å². The van der Waals surface area contributed by atoms with Gasteiger partial charge in [-0.3, -0.25) is 9.78 Å². The molecular weight excluding hydrogens is 250 g/mol. The molecule has 20 heavy (non-hydrogen) atoms. The molecule has 1 aliphatic heterocycles. The van der Waals surface area contributed by atoms with Crippen molar-refractivity contribution in [2.24, 2.45) is 5.73 Å². The van der Waals surface area contributed by atoms with E-state index in [2.05, 4.69) is 16.0 Å². The molecule has 0 saturated carbocycles. The van der Waals surface area contributed by atoms with Crippen LogP contribution in [0.15, 0.2) is 12.1 Å². The second kappa shape index (κ2) is 4.78. The second-order valence-corrected chi connectivity index (χ2v) is 5.39. The standard InChI is InChI=1S/C16H18N3O/c1-10-5-6-13-12(9-10)15(19-7-3-4-8-19)14(16(17)20)11(2)18-13/h6,9H,3-4,7-8H2,1-2H3,(H2,17,20). The molecule has 1 saturated heterocycles. The van der Waals surface area contributed by atoms with Crippen molar-refractivity contribution in [3.8, 4) is 0 Å². The van der Waals surface area contributed by atoms with Gasteiger partial charge in [0.05, 0.1) is 22.5 Å². The molecular formula is C16H18N3O. The van der Waals surface area contributed by atoms with Gasteiger partial charge in [0, 0.05) is 18.5 Å². The molecule has 1 aromatic heterocycles. The van der Waals surface area contributed by atoms with Gasteiger partial charge in [-0.05, 0) is 50.5 Å². The van der Waals surface area contributed by atoms with Gasteiger partial charge in [-0.25, -0.2) is 0 Å². The smallest absolute Gasteiger partial charge is 0.252 e. The van der Waals surface area contributed by atoms with Crippen molar-refractivity contribution in [2.45, 2.75) is 26.7 Å². The topological polar surface area (TPSA) is 59.2 Å². The Morgan fingerprint density at radius 3 is 2.70 bits per heavy atom. The zero-order chi connectivity index (χ0) is 14.3. The number of aryl methyl sites for hydroxylation is 2. The van der Waals surface area contributed by atoms with Crippen molar-refractivity contribution in [2.75, 3.05) is 18.0 Å². The Morgan fingerprint density at radius 1 is 1.35 bits per heavy atom. The zero-order valence-corrected chi connectivity index (χ0v) is 11.9. The summed E-state index contributed by atoms with van der Waals surface area (Å²) in [5, 5.41) is 1.00. The highest BCUT2D eigenvalue weighted by atomic mass is 16.1. The van der Waals surface area contributed by atoms with E-state index < -0.39 is 5.91 Å². The van der Waals surface area contributed by atoms with Crippen LogP contribution in [0.1, 0.15) is 34.5 Å². The molecule has 1 fully saturated rings. The van der Waals surface area contributed by atoms with E-state index >= 15 is 0 Å². The van der Waals surface area contributed by atoms with E-state index in [9.17, 15) is 4.79 Å². The molecule has 2 heterocycles. The summed E-state index contributed by atoms with van der Waals surface area (Å²) >= 11 is 0. The number of primary amides is 1. The molecule has 2 N–H and O–H groups in total. The van der Waals surface area contributed by atoms with Crippen molar-refractivity contribution in [1.29, 1.82) is 0 Å². The molecule has 0 spiro atoms. The van der Waals surface area contributed by atoms with Gasteiger partial charge in [0.1, 0.15) is 0 Å². The van der Waals surface area contributed by atoms with E-state index in [1.165, 1.54) is 0 Å². The van der Waals surface area contributed by atoms with Crippen LogP contribution >= 0.6 is 0 Å². The summed E-state index contributed by atoms with van der Waals surface area (Å²) < 4.78 is 0. The largest absolute Gasteiger partial charge is 0.370 e. The lowest BCUT2D eigenvalue weighted by molar-refractivity contribution is 0.1000. The summed E-state index contributed by atoms with van der Waals surface area (Å²) in [6.45, 7) is 5.78.